The SMILES string of the molecule is Cc1nn(-c2cccc(Cl)c2)nc1C(=O)N(Cc1ccncc1)C1CC1. The second-order valence-electron chi connectivity index (χ2n) is 6.42. The van der Waals surface area contributed by atoms with E-state index in [0.29, 0.717) is 23.0 Å². The van der Waals surface area contributed by atoms with Crippen LogP contribution in [0.3, 0.4) is 0 Å². The molecule has 0 radical (unpaired) electrons. The number of carbonyl (C=O) groups is 1. The van der Waals surface area contributed by atoms with Crippen LogP contribution in [0.5, 0.6) is 0 Å². The largest absolute Gasteiger partial charge is 0.330 e. The van der Waals surface area contributed by atoms with Crippen LogP contribution in [-0.2, 0) is 6.54 Å². The Morgan fingerprint density at radius 3 is 2.69 bits per heavy atom. The highest BCUT2D eigenvalue weighted by atomic mass is 35.5. The van der Waals surface area contributed by atoms with Crippen molar-refractivity contribution in [1.29, 1.82) is 0 Å². The highest BCUT2D eigenvalue weighted by Gasteiger charge is 2.35. The Hall–Kier alpha value is -2.73. The summed E-state index contributed by atoms with van der Waals surface area (Å²) in [5, 5.41) is 9.44. The van der Waals surface area contributed by atoms with E-state index in [1.807, 2.05) is 29.2 Å². The number of hydrogen-bond donors (Lipinski definition) is 0. The number of rotatable bonds is 5. The Labute approximate surface area is 156 Å². The van der Waals surface area contributed by atoms with E-state index in [-0.39, 0.29) is 11.9 Å². The molecule has 0 bridgehead atoms. The van der Waals surface area contributed by atoms with Gasteiger partial charge in [0, 0.05) is 30.0 Å². The molecule has 1 aromatic carbocycles. The van der Waals surface area contributed by atoms with Crippen LogP contribution < -0.4 is 0 Å². The highest BCUT2D eigenvalue weighted by molar-refractivity contribution is 6.30. The molecule has 7 heteroatoms. The maximum atomic E-state index is 13.1. The van der Waals surface area contributed by atoms with Gasteiger partial charge in [0.25, 0.3) is 5.91 Å². The smallest absolute Gasteiger partial charge is 0.276 e. The Kier molecular flexibility index (Phi) is 4.42. The summed E-state index contributed by atoms with van der Waals surface area (Å²) in [5.41, 5.74) is 2.77. The third-order valence-corrected chi connectivity index (χ3v) is 4.61. The third-order valence-electron chi connectivity index (χ3n) is 4.37. The first-order chi connectivity index (χ1) is 12.6. The van der Waals surface area contributed by atoms with E-state index in [2.05, 4.69) is 15.2 Å². The van der Waals surface area contributed by atoms with Gasteiger partial charge in [-0.25, -0.2) is 0 Å². The summed E-state index contributed by atoms with van der Waals surface area (Å²) in [7, 11) is 0. The van der Waals surface area contributed by atoms with Crippen LogP contribution in [0, 0.1) is 6.92 Å². The first kappa shape index (κ1) is 16.7. The second-order valence-corrected chi connectivity index (χ2v) is 6.86. The maximum Gasteiger partial charge on any atom is 0.276 e. The molecule has 0 unspecified atom stereocenters. The Morgan fingerprint density at radius 2 is 2.00 bits per heavy atom. The molecule has 2 heterocycles. The lowest BCUT2D eigenvalue weighted by Gasteiger charge is -2.21. The molecule has 2 aromatic heterocycles. The van der Waals surface area contributed by atoms with Crippen molar-refractivity contribution in [3.8, 4) is 5.69 Å². The molecule has 1 fully saturated rings. The number of nitrogens with zero attached hydrogens (tertiary/aromatic N) is 5. The summed E-state index contributed by atoms with van der Waals surface area (Å²) in [6, 6.07) is 11.4. The molecule has 0 spiro atoms. The summed E-state index contributed by atoms with van der Waals surface area (Å²) >= 11 is 6.05. The van der Waals surface area contributed by atoms with Crippen molar-refractivity contribution < 1.29 is 4.79 Å². The van der Waals surface area contributed by atoms with E-state index in [1.165, 1.54) is 4.80 Å². The van der Waals surface area contributed by atoms with Crippen molar-refractivity contribution in [3.05, 3.63) is 70.8 Å². The third kappa shape index (κ3) is 3.46. The minimum atomic E-state index is -0.0879. The summed E-state index contributed by atoms with van der Waals surface area (Å²) < 4.78 is 0. The van der Waals surface area contributed by atoms with Gasteiger partial charge in [0.15, 0.2) is 5.69 Å². The van der Waals surface area contributed by atoms with Crippen LogP contribution in [-0.4, -0.2) is 36.8 Å². The zero-order valence-electron chi connectivity index (χ0n) is 14.3. The van der Waals surface area contributed by atoms with Crippen LogP contribution in [0.2, 0.25) is 5.02 Å². The minimum Gasteiger partial charge on any atom is -0.330 e. The number of hydrogen-bond acceptors (Lipinski definition) is 4. The van der Waals surface area contributed by atoms with Gasteiger partial charge in [-0.05, 0) is 55.7 Å². The molecule has 1 saturated carbocycles. The zero-order chi connectivity index (χ0) is 18.1. The Morgan fingerprint density at radius 1 is 1.23 bits per heavy atom. The fourth-order valence-corrected chi connectivity index (χ4v) is 3.05. The first-order valence-electron chi connectivity index (χ1n) is 8.51. The zero-order valence-corrected chi connectivity index (χ0v) is 15.1. The van der Waals surface area contributed by atoms with Gasteiger partial charge in [0.2, 0.25) is 0 Å². The van der Waals surface area contributed by atoms with Gasteiger partial charge in [0.1, 0.15) is 0 Å². The van der Waals surface area contributed by atoms with E-state index in [1.54, 1.807) is 31.5 Å². The maximum absolute atomic E-state index is 13.1. The molecule has 0 saturated heterocycles. The first-order valence-corrected chi connectivity index (χ1v) is 8.89. The number of aryl methyl sites for hydroxylation is 1. The van der Waals surface area contributed by atoms with Crippen molar-refractivity contribution >= 4 is 17.5 Å². The Bertz CT molecular complexity index is 936. The van der Waals surface area contributed by atoms with Gasteiger partial charge in [0.05, 0.1) is 11.4 Å². The monoisotopic (exact) mass is 367 g/mol. The van der Waals surface area contributed by atoms with Crippen molar-refractivity contribution in [2.24, 2.45) is 0 Å². The standard InChI is InChI=1S/C19H18ClN5O/c1-13-18(23-25(22-13)17-4-2-3-15(20)11-17)19(26)24(16-5-6-16)12-14-7-9-21-10-8-14/h2-4,7-11,16H,5-6,12H2,1H3. The lowest BCUT2D eigenvalue weighted by Crippen LogP contribution is -2.33. The van der Waals surface area contributed by atoms with Crippen molar-refractivity contribution in [2.75, 3.05) is 0 Å². The predicted molar refractivity (Wildman–Crippen MR) is 98.2 cm³/mol. The van der Waals surface area contributed by atoms with Crippen LogP contribution >= 0.6 is 11.6 Å². The van der Waals surface area contributed by atoms with Crippen LogP contribution in [0.1, 0.15) is 34.6 Å². The van der Waals surface area contributed by atoms with Gasteiger partial charge in [-0.15, -0.1) is 5.10 Å². The number of amides is 1. The fraction of sp³-hybridized carbons (Fsp3) is 0.263. The molecule has 1 aliphatic carbocycles. The average Bonchev–Trinajstić information content (AvgIpc) is 3.41. The number of carbonyl (C=O) groups excluding carboxylic acids is 1. The minimum absolute atomic E-state index is 0.0879. The Balaban J connectivity index is 1.62. The highest BCUT2D eigenvalue weighted by Crippen LogP contribution is 2.30. The lowest BCUT2D eigenvalue weighted by atomic mass is 10.2. The molecule has 0 aliphatic heterocycles. The summed E-state index contributed by atoms with van der Waals surface area (Å²) in [5.74, 6) is -0.0879. The summed E-state index contributed by atoms with van der Waals surface area (Å²) in [4.78, 5) is 20.5. The van der Waals surface area contributed by atoms with E-state index in [0.717, 1.165) is 24.1 Å². The second kappa shape index (κ2) is 6.88. The normalized spacial score (nSPS) is 13.6. The molecule has 132 valence electrons. The summed E-state index contributed by atoms with van der Waals surface area (Å²) in [6.45, 7) is 2.36. The van der Waals surface area contributed by atoms with Crippen molar-refractivity contribution in [2.45, 2.75) is 32.4 Å². The molecule has 4 rings (SSSR count). The molecule has 0 atom stereocenters. The molecule has 26 heavy (non-hydrogen) atoms. The van der Waals surface area contributed by atoms with Gasteiger partial charge < -0.3 is 4.90 Å². The van der Waals surface area contributed by atoms with Gasteiger partial charge in [-0.3, -0.25) is 9.78 Å². The van der Waals surface area contributed by atoms with Crippen LogP contribution in [0.25, 0.3) is 5.69 Å². The molecule has 1 aliphatic rings. The topological polar surface area (TPSA) is 63.9 Å². The van der Waals surface area contributed by atoms with Gasteiger partial charge in [-0.1, -0.05) is 17.7 Å². The van der Waals surface area contributed by atoms with Crippen molar-refractivity contribution in [1.82, 2.24) is 24.9 Å². The van der Waals surface area contributed by atoms with Crippen molar-refractivity contribution in [3.63, 3.8) is 0 Å². The van der Waals surface area contributed by atoms with Crippen LogP contribution in [0.15, 0.2) is 48.8 Å². The quantitative estimate of drug-likeness (QED) is 0.693. The number of pyridine rings is 1. The van der Waals surface area contributed by atoms with E-state index >= 15 is 0 Å². The predicted octanol–water partition coefficient (Wildman–Crippen LogP) is 3.43. The molecule has 3 aromatic rings. The molecular formula is C19H18ClN5O. The van der Waals surface area contributed by atoms with Gasteiger partial charge in [-0.2, -0.15) is 9.90 Å². The lowest BCUT2D eigenvalue weighted by molar-refractivity contribution is 0.0722. The van der Waals surface area contributed by atoms with Crippen LogP contribution in [0.4, 0.5) is 0 Å². The molecule has 6 nitrogen and oxygen atoms in total. The van der Waals surface area contributed by atoms with E-state index in [9.17, 15) is 4.79 Å². The summed E-state index contributed by atoms with van der Waals surface area (Å²) in [6.07, 6.45) is 5.54. The number of halogens is 1. The molecule has 1 amide bonds. The van der Waals surface area contributed by atoms with E-state index in [4.69, 9.17) is 11.6 Å². The van der Waals surface area contributed by atoms with Gasteiger partial charge >= 0.3 is 0 Å². The molecular weight excluding hydrogens is 350 g/mol. The molecule has 0 N–H and O–H groups in total. The van der Waals surface area contributed by atoms with E-state index < -0.39 is 0 Å². The number of benzene rings is 1. The number of aromatic nitrogens is 4. The average molecular weight is 368 g/mol. The fourth-order valence-electron chi connectivity index (χ4n) is 2.87.